The van der Waals surface area contributed by atoms with Crippen molar-refractivity contribution in [1.82, 2.24) is 5.32 Å². The molecule has 2 rings (SSSR count). The average molecular weight is 312 g/mol. The SMILES string of the molecule is NS(=O)(=O)Nc1cccc(NC(=O)CNC2CCCC2)c1. The van der Waals surface area contributed by atoms with Crippen molar-refractivity contribution in [2.24, 2.45) is 5.14 Å². The normalized spacial score (nSPS) is 15.9. The molecule has 0 bridgehead atoms. The minimum Gasteiger partial charge on any atom is -0.325 e. The minimum absolute atomic E-state index is 0.158. The van der Waals surface area contributed by atoms with Crippen LogP contribution in [0.5, 0.6) is 0 Å². The van der Waals surface area contributed by atoms with Crippen molar-refractivity contribution in [3.05, 3.63) is 24.3 Å². The summed E-state index contributed by atoms with van der Waals surface area (Å²) in [5.74, 6) is -0.158. The van der Waals surface area contributed by atoms with Crippen LogP contribution < -0.4 is 20.5 Å². The highest BCUT2D eigenvalue weighted by atomic mass is 32.2. The van der Waals surface area contributed by atoms with E-state index in [0.29, 0.717) is 17.4 Å². The third kappa shape index (κ3) is 5.70. The van der Waals surface area contributed by atoms with Gasteiger partial charge in [-0.05, 0) is 31.0 Å². The van der Waals surface area contributed by atoms with Gasteiger partial charge in [-0.1, -0.05) is 18.9 Å². The Morgan fingerprint density at radius 2 is 1.90 bits per heavy atom. The van der Waals surface area contributed by atoms with Crippen molar-refractivity contribution < 1.29 is 13.2 Å². The van der Waals surface area contributed by atoms with Crippen LogP contribution in [0.3, 0.4) is 0 Å². The largest absolute Gasteiger partial charge is 0.325 e. The van der Waals surface area contributed by atoms with E-state index in [2.05, 4.69) is 15.4 Å². The van der Waals surface area contributed by atoms with Crippen LogP contribution in [0.25, 0.3) is 0 Å². The van der Waals surface area contributed by atoms with Crippen molar-refractivity contribution in [3.8, 4) is 0 Å². The van der Waals surface area contributed by atoms with Gasteiger partial charge in [0.15, 0.2) is 0 Å². The number of anilines is 2. The second-order valence-electron chi connectivity index (χ2n) is 5.14. The first-order valence-corrected chi connectivity index (χ1v) is 8.41. The van der Waals surface area contributed by atoms with Crippen LogP contribution >= 0.6 is 0 Å². The van der Waals surface area contributed by atoms with E-state index < -0.39 is 10.2 Å². The number of rotatable bonds is 6. The molecule has 1 fully saturated rings. The Labute approximate surface area is 124 Å². The Hall–Kier alpha value is -1.64. The standard InChI is InChI=1S/C13H20N4O3S/c14-21(19,20)17-12-7-3-6-11(8-12)16-13(18)9-15-10-4-1-2-5-10/h3,6-8,10,15,17H,1-2,4-5,9H2,(H,16,18)(H2,14,19,20). The van der Waals surface area contributed by atoms with E-state index >= 15 is 0 Å². The first-order valence-electron chi connectivity index (χ1n) is 6.86. The van der Waals surface area contributed by atoms with E-state index in [1.54, 1.807) is 18.2 Å². The fourth-order valence-electron chi connectivity index (χ4n) is 2.40. The number of carbonyl (C=O) groups excluding carboxylic acids is 1. The molecule has 0 saturated heterocycles. The van der Waals surface area contributed by atoms with Gasteiger partial charge in [0.2, 0.25) is 5.91 Å². The molecular formula is C13H20N4O3S. The molecule has 7 nitrogen and oxygen atoms in total. The quantitative estimate of drug-likeness (QED) is 0.621. The lowest BCUT2D eigenvalue weighted by Gasteiger charge is -2.12. The van der Waals surface area contributed by atoms with E-state index in [4.69, 9.17) is 5.14 Å². The Balaban J connectivity index is 1.86. The van der Waals surface area contributed by atoms with Crippen molar-refractivity contribution in [1.29, 1.82) is 0 Å². The van der Waals surface area contributed by atoms with Gasteiger partial charge < -0.3 is 10.6 Å². The smallest absolute Gasteiger partial charge is 0.296 e. The molecular weight excluding hydrogens is 292 g/mol. The molecule has 0 spiro atoms. The minimum atomic E-state index is -3.82. The predicted octanol–water partition coefficient (Wildman–Crippen LogP) is 0.773. The van der Waals surface area contributed by atoms with Crippen LogP contribution in [0, 0.1) is 0 Å². The van der Waals surface area contributed by atoms with Crippen molar-refractivity contribution in [3.63, 3.8) is 0 Å². The number of hydrogen-bond donors (Lipinski definition) is 4. The average Bonchev–Trinajstić information content (AvgIpc) is 2.87. The van der Waals surface area contributed by atoms with Crippen molar-refractivity contribution >= 4 is 27.5 Å². The number of nitrogens with one attached hydrogen (secondary N) is 3. The summed E-state index contributed by atoms with van der Waals surface area (Å²) in [6.45, 7) is 0.248. The van der Waals surface area contributed by atoms with Gasteiger partial charge in [-0.15, -0.1) is 0 Å². The summed E-state index contributed by atoms with van der Waals surface area (Å²) in [6.07, 6.45) is 4.64. The van der Waals surface area contributed by atoms with E-state index in [0.717, 1.165) is 12.8 Å². The van der Waals surface area contributed by atoms with Crippen molar-refractivity contribution in [2.75, 3.05) is 16.6 Å². The molecule has 0 unspecified atom stereocenters. The molecule has 1 aliphatic rings. The van der Waals surface area contributed by atoms with Gasteiger partial charge in [0.25, 0.3) is 10.2 Å². The van der Waals surface area contributed by atoms with Gasteiger partial charge in [-0.2, -0.15) is 8.42 Å². The third-order valence-corrected chi connectivity index (χ3v) is 3.83. The van der Waals surface area contributed by atoms with Gasteiger partial charge >= 0.3 is 0 Å². The summed E-state index contributed by atoms with van der Waals surface area (Å²) in [5.41, 5.74) is 0.820. The van der Waals surface area contributed by atoms with Gasteiger partial charge in [-0.3, -0.25) is 9.52 Å². The summed E-state index contributed by atoms with van der Waals surface area (Å²) >= 11 is 0. The van der Waals surface area contributed by atoms with E-state index in [1.165, 1.54) is 18.9 Å². The third-order valence-electron chi connectivity index (χ3n) is 3.31. The van der Waals surface area contributed by atoms with Crippen LogP contribution in [0.15, 0.2) is 24.3 Å². The Kier molecular flexibility index (Phi) is 5.16. The van der Waals surface area contributed by atoms with E-state index in [9.17, 15) is 13.2 Å². The van der Waals surface area contributed by atoms with Gasteiger partial charge in [0, 0.05) is 11.7 Å². The molecule has 0 aliphatic heterocycles. The lowest BCUT2D eigenvalue weighted by atomic mass is 10.2. The zero-order valence-electron chi connectivity index (χ0n) is 11.6. The molecule has 1 amide bonds. The maximum atomic E-state index is 11.8. The molecule has 5 N–H and O–H groups in total. The van der Waals surface area contributed by atoms with Gasteiger partial charge in [-0.25, -0.2) is 5.14 Å². The number of nitrogens with two attached hydrogens (primary N) is 1. The number of hydrogen-bond acceptors (Lipinski definition) is 4. The lowest BCUT2D eigenvalue weighted by Crippen LogP contribution is -2.34. The van der Waals surface area contributed by atoms with Gasteiger partial charge in [0.1, 0.15) is 0 Å². The summed E-state index contributed by atoms with van der Waals surface area (Å²) in [7, 11) is -3.82. The molecule has 1 aromatic rings. The van der Waals surface area contributed by atoms with E-state index in [1.807, 2.05) is 0 Å². The van der Waals surface area contributed by atoms with Crippen molar-refractivity contribution in [2.45, 2.75) is 31.7 Å². The highest BCUT2D eigenvalue weighted by molar-refractivity contribution is 7.90. The molecule has 1 aromatic carbocycles. The second kappa shape index (κ2) is 6.88. The summed E-state index contributed by atoms with van der Waals surface area (Å²) in [4.78, 5) is 11.8. The highest BCUT2D eigenvalue weighted by Crippen LogP contribution is 2.18. The number of amides is 1. The summed E-state index contributed by atoms with van der Waals surface area (Å²) < 4.78 is 24.1. The van der Waals surface area contributed by atoms with Crippen LogP contribution in [-0.2, 0) is 15.0 Å². The summed E-state index contributed by atoms with van der Waals surface area (Å²) in [6, 6.07) is 6.80. The molecule has 0 atom stereocenters. The fraction of sp³-hybridized carbons (Fsp3) is 0.462. The first-order chi connectivity index (χ1) is 9.92. The molecule has 0 heterocycles. The molecule has 0 aromatic heterocycles. The highest BCUT2D eigenvalue weighted by Gasteiger charge is 2.15. The maximum absolute atomic E-state index is 11.8. The monoisotopic (exact) mass is 312 g/mol. The second-order valence-corrected chi connectivity index (χ2v) is 6.43. The van der Waals surface area contributed by atoms with Crippen LogP contribution in [0.4, 0.5) is 11.4 Å². The van der Waals surface area contributed by atoms with Crippen LogP contribution in [0.1, 0.15) is 25.7 Å². The van der Waals surface area contributed by atoms with Crippen LogP contribution in [0.2, 0.25) is 0 Å². The summed E-state index contributed by atoms with van der Waals surface area (Å²) in [5, 5.41) is 10.8. The molecule has 1 aliphatic carbocycles. The molecule has 21 heavy (non-hydrogen) atoms. The Morgan fingerprint density at radius 3 is 2.57 bits per heavy atom. The molecule has 1 saturated carbocycles. The molecule has 116 valence electrons. The lowest BCUT2D eigenvalue weighted by molar-refractivity contribution is -0.115. The fourth-order valence-corrected chi connectivity index (χ4v) is 2.85. The Morgan fingerprint density at radius 1 is 1.24 bits per heavy atom. The first kappa shape index (κ1) is 15.7. The number of carbonyl (C=O) groups is 1. The zero-order chi connectivity index (χ0) is 15.3. The van der Waals surface area contributed by atoms with E-state index in [-0.39, 0.29) is 12.5 Å². The zero-order valence-corrected chi connectivity index (χ0v) is 12.4. The topological polar surface area (TPSA) is 113 Å². The maximum Gasteiger partial charge on any atom is 0.296 e. The number of benzene rings is 1. The molecule has 0 radical (unpaired) electrons. The van der Waals surface area contributed by atoms with Gasteiger partial charge in [0.05, 0.1) is 12.2 Å². The molecule has 8 heteroatoms. The Bertz CT molecular complexity index is 597. The predicted molar refractivity (Wildman–Crippen MR) is 82.1 cm³/mol. The van der Waals surface area contributed by atoms with Crippen LogP contribution in [-0.4, -0.2) is 26.9 Å².